The molecule has 2 atom stereocenters. The van der Waals surface area contributed by atoms with Crippen LogP contribution in [0.2, 0.25) is 0 Å². The predicted molar refractivity (Wildman–Crippen MR) is 92.1 cm³/mol. The number of hydrogen-bond donors (Lipinski definition) is 1. The van der Waals surface area contributed by atoms with E-state index in [1.165, 1.54) is 0 Å². The van der Waals surface area contributed by atoms with Gasteiger partial charge >= 0.3 is 0 Å². The Morgan fingerprint density at radius 1 is 1.24 bits per heavy atom. The maximum Gasteiger partial charge on any atom is 0.251 e. The molecule has 0 spiro atoms. The summed E-state index contributed by atoms with van der Waals surface area (Å²) in [5.41, 5.74) is 0.647. The lowest BCUT2D eigenvalue weighted by Crippen LogP contribution is -2.33. The number of fused-ring (bicyclic) bond motifs is 1. The Balaban J connectivity index is 2.08. The summed E-state index contributed by atoms with van der Waals surface area (Å²) in [5, 5.41) is 5.07. The van der Waals surface area contributed by atoms with Crippen molar-refractivity contribution in [1.82, 2.24) is 5.32 Å². The number of nitrogens with one attached hydrogen (secondary N) is 1. The van der Waals surface area contributed by atoms with Crippen molar-refractivity contribution in [3.05, 3.63) is 46.4 Å². The van der Waals surface area contributed by atoms with Gasteiger partial charge in [0.2, 0.25) is 0 Å². The Bertz CT molecular complexity index is 687. The van der Waals surface area contributed by atoms with Gasteiger partial charge in [-0.05, 0) is 48.4 Å². The largest absolute Gasteiger partial charge is 0.350 e. The van der Waals surface area contributed by atoms with Gasteiger partial charge in [-0.15, -0.1) is 0 Å². The first-order valence-electron chi connectivity index (χ1n) is 6.76. The molecule has 2 unspecified atom stereocenters. The third kappa shape index (κ3) is 4.64. The molecule has 0 saturated heterocycles. The van der Waals surface area contributed by atoms with Crippen LogP contribution >= 0.6 is 15.9 Å². The van der Waals surface area contributed by atoms with Crippen LogP contribution in [0.25, 0.3) is 10.8 Å². The highest BCUT2D eigenvalue weighted by atomic mass is 79.9. The molecule has 0 aromatic heterocycles. The van der Waals surface area contributed by atoms with E-state index in [2.05, 4.69) is 21.2 Å². The first kappa shape index (κ1) is 16.2. The molecule has 0 aliphatic heterocycles. The summed E-state index contributed by atoms with van der Waals surface area (Å²) in [6, 6.07) is 11.7. The SMILES string of the molecule is CC(CCS(C)=O)NC(=O)c1ccc2cc(Br)ccc2c1. The van der Waals surface area contributed by atoms with Crippen LogP contribution < -0.4 is 5.32 Å². The molecule has 0 bridgehead atoms. The van der Waals surface area contributed by atoms with E-state index >= 15 is 0 Å². The normalized spacial score (nSPS) is 13.9. The Kier molecular flexibility index (Phi) is 5.53. The fraction of sp³-hybridized carbons (Fsp3) is 0.312. The fourth-order valence-corrected chi connectivity index (χ4v) is 3.14. The molecule has 5 heteroatoms. The van der Waals surface area contributed by atoms with Crippen molar-refractivity contribution in [3.63, 3.8) is 0 Å². The lowest BCUT2D eigenvalue weighted by atomic mass is 10.1. The maximum atomic E-state index is 12.2. The van der Waals surface area contributed by atoms with Crippen LogP contribution in [0.5, 0.6) is 0 Å². The predicted octanol–water partition coefficient (Wildman–Crippen LogP) is 3.49. The molecule has 2 aromatic rings. The zero-order valence-corrected chi connectivity index (χ0v) is 14.5. The standard InChI is InChI=1S/C16H18BrNO2S/c1-11(7-8-21(2)20)18-16(19)14-4-3-13-10-15(17)6-5-12(13)9-14/h3-6,9-11H,7-8H2,1-2H3,(H,18,19). The average Bonchev–Trinajstić information content (AvgIpc) is 2.44. The third-order valence-electron chi connectivity index (χ3n) is 3.28. The molecule has 21 heavy (non-hydrogen) atoms. The van der Waals surface area contributed by atoms with Crippen molar-refractivity contribution < 1.29 is 9.00 Å². The van der Waals surface area contributed by atoms with Gasteiger partial charge in [0, 0.05) is 38.9 Å². The van der Waals surface area contributed by atoms with Crippen LogP contribution in [-0.2, 0) is 10.8 Å². The number of rotatable bonds is 5. The van der Waals surface area contributed by atoms with E-state index in [9.17, 15) is 9.00 Å². The molecule has 2 aromatic carbocycles. The van der Waals surface area contributed by atoms with Crippen molar-refractivity contribution in [2.45, 2.75) is 19.4 Å². The van der Waals surface area contributed by atoms with Gasteiger partial charge < -0.3 is 5.32 Å². The molecule has 0 saturated carbocycles. The van der Waals surface area contributed by atoms with Crippen LogP contribution in [0.1, 0.15) is 23.7 Å². The van der Waals surface area contributed by atoms with E-state index in [4.69, 9.17) is 0 Å². The molecule has 2 rings (SSSR count). The lowest BCUT2D eigenvalue weighted by Gasteiger charge is -2.13. The van der Waals surface area contributed by atoms with Crippen LogP contribution in [0.3, 0.4) is 0 Å². The van der Waals surface area contributed by atoms with Crippen LogP contribution in [-0.4, -0.2) is 28.2 Å². The second-order valence-electron chi connectivity index (χ2n) is 5.15. The molecule has 112 valence electrons. The Labute approximate surface area is 135 Å². The van der Waals surface area contributed by atoms with Crippen molar-refractivity contribution in [1.29, 1.82) is 0 Å². The third-order valence-corrected chi connectivity index (χ3v) is 4.58. The second kappa shape index (κ2) is 7.18. The Morgan fingerprint density at radius 2 is 1.90 bits per heavy atom. The van der Waals surface area contributed by atoms with Gasteiger partial charge in [0.25, 0.3) is 5.91 Å². The van der Waals surface area contributed by atoms with E-state index in [1.54, 1.807) is 6.26 Å². The van der Waals surface area contributed by atoms with Crippen LogP contribution in [0.15, 0.2) is 40.9 Å². The van der Waals surface area contributed by atoms with Gasteiger partial charge in [0.05, 0.1) is 0 Å². The van der Waals surface area contributed by atoms with Gasteiger partial charge in [0.1, 0.15) is 0 Å². The lowest BCUT2D eigenvalue weighted by molar-refractivity contribution is 0.0939. The molecule has 0 aliphatic carbocycles. The Hall–Kier alpha value is -1.20. The van der Waals surface area contributed by atoms with E-state index in [0.717, 1.165) is 21.7 Å². The van der Waals surface area contributed by atoms with Crippen molar-refractivity contribution in [2.24, 2.45) is 0 Å². The number of amides is 1. The summed E-state index contributed by atoms with van der Waals surface area (Å²) >= 11 is 3.44. The van der Waals surface area contributed by atoms with E-state index in [1.807, 2.05) is 43.3 Å². The molecule has 1 amide bonds. The van der Waals surface area contributed by atoms with Crippen LogP contribution in [0, 0.1) is 0 Å². The number of halogens is 1. The highest BCUT2D eigenvalue weighted by molar-refractivity contribution is 9.10. The van der Waals surface area contributed by atoms with Gasteiger partial charge in [-0.1, -0.05) is 28.1 Å². The first-order chi connectivity index (χ1) is 9.95. The maximum absolute atomic E-state index is 12.2. The molecule has 0 radical (unpaired) electrons. The van der Waals surface area contributed by atoms with E-state index < -0.39 is 10.8 Å². The molecular formula is C16H18BrNO2S. The number of benzene rings is 2. The topological polar surface area (TPSA) is 46.2 Å². The van der Waals surface area contributed by atoms with Gasteiger partial charge in [-0.2, -0.15) is 0 Å². The Morgan fingerprint density at radius 3 is 2.62 bits per heavy atom. The average molecular weight is 368 g/mol. The van der Waals surface area contributed by atoms with Gasteiger partial charge in [-0.3, -0.25) is 9.00 Å². The highest BCUT2D eigenvalue weighted by Crippen LogP contribution is 2.21. The molecule has 3 nitrogen and oxygen atoms in total. The summed E-state index contributed by atoms with van der Waals surface area (Å²) in [5.74, 6) is 0.516. The number of carbonyl (C=O) groups excluding carboxylic acids is 1. The van der Waals surface area contributed by atoms with Gasteiger partial charge in [0.15, 0.2) is 0 Å². The monoisotopic (exact) mass is 367 g/mol. The quantitative estimate of drug-likeness (QED) is 0.878. The van der Waals surface area contributed by atoms with Crippen molar-refractivity contribution >= 4 is 43.4 Å². The van der Waals surface area contributed by atoms with Crippen molar-refractivity contribution in [3.8, 4) is 0 Å². The molecule has 0 heterocycles. The molecular weight excluding hydrogens is 350 g/mol. The van der Waals surface area contributed by atoms with Gasteiger partial charge in [-0.25, -0.2) is 0 Å². The minimum atomic E-state index is -0.822. The summed E-state index contributed by atoms with van der Waals surface area (Å²) in [4.78, 5) is 12.2. The summed E-state index contributed by atoms with van der Waals surface area (Å²) in [6.45, 7) is 1.93. The van der Waals surface area contributed by atoms with E-state index in [-0.39, 0.29) is 11.9 Å². The molecule has 0 fully saturated rings. The summed E-state index contributed by atoms with van der Waals surface area (Å²) in [6.07, 6.45) is 2.39. The second-order valence-corrected chi connectivity index (χ2v) is 7.62. The minimum Gasteiger partial charge on any atom is -0.350 e. The van der Waals surface area contributed by atoms with Crippen LogP contribution in [0.4, 0.5) is 0 Å². The molecule has 1 N–H and O–H groups in total. The molecule has 0 aliphatic rings. The highest BCUT2D eigenvalue weighted by Gasteiger charge is 2.10. The smallest absolute Gasteiger partial charge is 0.251 e. The first-order valence-corrected chi connectivity index (χ1v) is 9.28. The fourth-order valence-electron chi connectivity index (χ4n) is 2.08. The summed E-state index contributed by atoms with van der Waals surface area (Å²) < 4.78 is 12.1. The van der Waals surface area contributed by atoms with E-state index in [0.29, 0.717) is 11.3 Å². The zero-order valence-electron chi connectivity index (χ0n) is 12.1. The zero-order chi connectivity index (χ0) is 15.4. The minimum absolute atomic E-state index is 0.0158. The van der Waals surface area contributed by atoms with Crippen molar-refractivity contribution in [2.75, 3.05) is 12.0 Å². The summed E-state index contributed by atoms with van der Waals surface area (Å²) in [7, 11) is -0.822. The number of carbonyl (C=O) groups is 1. The number of hydrogen-bond acceptors (Lipinski definition) is 2.